The third kappa shape index (κ3) is 8.33. The molecule has 1 fully saturated rings. The summed E-state index contributed by atoms with van der Waals surface area (Å²) >= 11 is 0. The van der Waals surface area contributed by atoms with Gasteiger partial charge in [-0.2, -0.15) is 0 Å². The lowest BCUT2D eigenvalue weighted by Crippen LogP contribution is -2.29. The van der Waals surface area contributed by atoms with Crippen molar-refractivity contribution in [1.82, 2.24) is 0 Å². The van der Waals surface area contributed by atoms with Gasteiger partial charge in [0.05, 0.1) is 12.0 Å². The zero-order chi connectivity index (χ0) is 27.4. The molecule has 0 bridgehead atoms. The smallest absolute Gasteiger partial charge is 0.314 e. The second-order valence-corrected chi connectivity index (χ2v) is 10.1. The maximum absolute atomic E-state index is 12.7. The zero-order valence-electron chi connectivity index (χ0n) is 22.6. The molecule has 0 aromatic heterocycles. The number of aryl methyl sites for hydroxylation is 2. The van der Waals surface area contributed by atoms with E-state index in [-0.39, 0.29) is 24.8 Å². The largest absolute Gasteiger partial charge is 0.468 e. The average Bonchev–Trinajstić information content (AvgIpc) is 3.02. The minimum atomic E-state index is -0.151. The first kappa shape index (κ1) is 27.2. The summed E-state index contributed by atoms with van der Waals surface area (Å²) in [6, 6.07) is 35.9. The molecule has 1 saturated carbocycles. The number of carbonyl (C=O) groups is 1. The van der Waals surface area contributed by atoms with Crippen molar-refractivity contribution in [2.24, 2.45) is 5.92 Å². The highest BCUT2D eigenvalue weighted by molar-refractivity contribution is 5.75. The molecular formula is C36H34O4. The van der Waals surface area contributed by atoms with Crippen LogP contribution in [0.4, 0.5) is 0 Å². The Morgan fingerprint density at radius 2 is 1.18 bits per heavy atom. The van der Waals surface area contributed by atoms with Crippen LogP contribution in [0.15, 0.2) is 109 Å². The molecular weight excluding hydrogens is 496 g/mol. The number of benzene rings is 4. The van der Waals surface area contributed by atoms with Crippen molar-refractivity contribution >= 4 is 5.97 Å². The van der Waals surface area contributed by atoms with E-state index in [2.05, 4.69) is 36.1 Å². The molecule has 4 aromatic rings. The van der Waals surface area contributed by atoms with Gasteiger partial charge in [0.15, 0.2) is 6.79 Å². The Hall–Kier alpha value is -4.33. The summed E-state index contributed by atoms with van der Waals surface area (Å²) in [6.07, 6.45) is 5.18. The number of carbonyl (C=O) groups excluding carboxylic acids is 1. The molecule has 0 amide bonds. The van der Waals surface area contributed by atoms with Gasteiger partial charge in [-0.3, -0.25) is 4.79 Å². The SMILES string of the molecule is O=C(Oc1ccc(CCc2ccccc2)cc1)C1CCC(OCOc2ccc(C#Cc3ccccc3)cc2)CC1. The van der Waals surface area contributed by atoms with Crippen LogP contribution in [0.25, 0.3) is 0 Å². The van der Waals surface area contributed by atoms with E-state index in [0.717, 1.165) is 55.4 Å². The van der Waals surface area contributed by atoms with Crippen molar-refractivity contribution in [2.45, 2.75) is 44.6 Å². The fourth-order valence-electron chi connectivity index (χ4n) is 4.82. The molecule has 4 aromatic carbocycles. The molecule has 1 aliphatic carbocycles. The van der Waals surface area contributed by atoms with Gasteiger partial charge in [-0.05, 0) is 98.2 Å². The zero-order valence-corrected chi connectivity index (χ0v) is 22.6. The molecule has 0 heterocycles. The van der Waals surface area contributed by atoms with Gasteiger partial charge in [-0.25, -0.2) is 0 Å². The molecule has 202 valence electrons. The Bertz CT molecular complexity index is 1390. The van der Waals surface area contributed by atoms with Crippen LogP contribution in [-0.2, 0) is 22.4 Å². The summed E-state index contributed by atoms with van der Waals surface area (Å²) in [5.41, 5.74) is 4.48. The summed E-state index contributed by atoms with van der Waals surface area (Å²) < 4.78 is 17.4. The second kappa shape index (κ2) is 14.2. The average molecular weight is 531 g/mol. The quantitative estimate of drug-likeness (QED) is 0.0980. The number of hydrogen-bond donors (Lipinski definition) is 0. The molecule has 0 atom stereocenters. The van der Waals surface area contributed by atoms with Gasteiger partial charge < -0.3 is 14.2 Å². The number of rotatable bonds is 9. The lowest BCUT2D eigenvalue weighted by atomic mass is 9.87. The van der Waals surface area contributed by atoms with Gasteiger partial charge in [-0.15, -0.1) is 0 Å². The third-order valence-corrected chi connectivity index (χ3v) is 7.20. The Morgan fingerprint density at radius 3 is 1.82 bits per heavy atom. The van der Waals surface area contributed by atoms with Gasteiger partial charge >= 0.3 is 5.97 Å². The van der Waals surface area contributed by atoms with Gasteiger partial charge in [0, 0.05) is 11.1 Å². The summed E-state index contributed by atoms with van der Waals surface area (Å²) in [6.45, 7) is 0.186. The fraction of sp³-hybridized carbons (Fsp3) is 0.250. The summed E-state index contributed by atoms with van der Waals surface area (Å²) in [5.74, 6) is 7.43. The molecule has 5 rings (SSSR count). The number of hydrogen-bond acceptors (Lipinski definition) is 4. The summed E-state index contributed by atoms with van der Waals surface area (Å²) in [4.78, 5) is 12.7. The molecule has 4 heteroatoms. The first-order valence-corrected chi connectivity index (χ1v) is 14.0. The predicted octanol–water partition coefficient (Wildman–Crippen LogP) is 7.39. The lowest BCUT2D eigenvalue weighted by molar-refractivity contribution is -0.141. The van der Waals surface area contributed by atoms with E-state index in [0.29, 0.717) is 5.75 Å². The molecule has 1 aliphatic rings. The second-order valence-electron chi connectivity index (χ2n) is 10.1. The maximum Gasteiger partial charge on any atom is 0.314 e. The van der Waals surface area contributed by atoms with Crippen molar-refractivity contribution in [3.8, 4) is 23.3 Å². The topological polar surface area (TPSA) is 44.8 Å². The molecule has 0 N–H and O–H groups in total. The van der Waals surface area contributed by atoms with Gasteiger partial charge in [0.1, 0.15) is 11.5 Å². The van der Waals surface area contributed by atoms with E-state index in [4.69, 9.17) is 14.2 Å². The molecule has 0 spiro atoms. The third-order valence-electron chi connectivity index (χ3n) is 7.20. The first-order chi connectivity index (χ1) is 19.7. The van der Waals surface area contributed by atoms with Crippen LogP contribution in [0.3, 0.4) is 0 Å². The van der Waals surface area contributed by atoms with Crippen LogP contribution in [0.5, 0.6) is 11.5 Å². The highest BCUT2D eigenvalue weighted by Gasteiger charge is 2.28. The predicted molar refractivity (Wildman–Crippen MR) is 157 cm³/mol. The van der Waals surface area contributed by atoms with Crippen LogP contribution >= 0.6 is 0 Å². The van der Waals surface area contributed by atoms with Crippen molar-refractivity contribution in [3.05, 3.63) is 131 Å². The Balaban J connectivity index is 0.989. The van der Waals surface area contributed by atoms with E-state index in [1.807, 2.05) is 84.9 Å². The van der Waals surface area contributed by atoms with E-state index in [1.165, 1.54) is 11.1 Å². The van der Waals surface area contributed by atoms with E-state index in [1.54, 1.807) is 0 Å². The highest BCUT2D eigenvalue weighted by atomic mass is 16.7. The Kier molecular flexibility index (Phi) is 9.65. The van der Waals surface area contributed by atoms with Gasteiger partial charge in [0.25, 0.3) is 0 Å². The number of esters is 1. The van der Waals surface area contributed by atoms with E-state index in [9.17, 15) is 4.79 Å². The normalized spacial score (nSPS) is 16.4. The van der Waals surface area contributed by atoms with Crippen molar-refractivity contribution < 1.29 is 19.0 Å². The minimum Gasteiger partial charge on any atom is -0.468 e. The number of ether oxygens (including phenoxy) is 3. The first-order valence-electron chi connectivity index (χ1n) is 14.0. The van der Waals surface area contributed by atoms with Crippen molar-refractivity contribution in [3.63, 3.8) is 0 Å². The van der Waals surface area contributed by atoms with Crippen molar-refractivity contribution in [1.29, 1.82) is 0 Å². The lowest BCUT2D eigenvalue weighted by Gasteiger charge is -2.27. The standard InChI is InChI=1S/C36H34O4/c37-36(40-35-23-17-31(18-24-35)14-12-29-9-5-2-6-10-29)32-19-25-34(26-20-32)39-27-38-33-21-15-30(16-22-33)13-11-28-7-3-1-4-8-28/h1-10,15-18,21-24,32,34H,12,14,19-20,25-27H2. The van der Waals surface area contributed by atoms with Crippen LogP contribution in [0, 0.1) is 17.8 Å². The monoisotopic (exact) mass is 530 g/mol. The van der Waals surface area contributed by atoms with Crippen LogP contribution in [0.1, 0.15) is 47.9 Å². The summed E-state index contributed by atoms with van der Waals surface area (Å²) in [5, 5.41) is 0. The van der Waals surface area contributed by atoms with E-state index >= 15 is 0 Å². The minimum absolute atomic E-state index is 0.0870. The Morgan fingerprint density at radius 1 is 0.625 bits per heavy atom. The Labute approximate surface area is 236 Å². The van der Waals surface area contributed by atoms with Gasteiger partial charge in [0.2, 0.25) is 0 Å². The highest BCUT2D eigenvalue weighted by Crippen LogP contribution is 2.28. The van der Waals surface area contributed by atoms with Crippen molar-refractivity contribution in [2.75, 3.05) is 6.79 Å². The molecule has 0 radical (unpaired) electrons. The maximum atomic E-state index is 12.7. The molecule has 40 heavy (non-hydrogen) atoms. The van der Waals surface area contributed by atoms with Gasteiger partial charge in [-0.1, -0.05) is 72.5 Å². The fourth-order valence-corrected chi connectivity index (χ4v) is 4.82. The van der Waals surface area contributed by atoms with Crippen LogP contribution in [-0.4, -0.2) is 18.9 Å². The molecule has 0 aliphatic heterocycles. The summed E-state index contributed by atoms with van der Waals surface area (Å²) in [7, 11) is 0. The molecule has 4 nitrogen and oxygen atoms in total. The molecule has 0 unspecified atom stereocenters. The van der Waals surface area contributed by atoms with Crippen LogP contribution in [0.2, 0.25) is 0 Å². The molecule has 0 saturated heterocycles. The van der Waals surface area contributed by atoms with E-state index < -0.39 is 0 Å². The van der Waals surface area contributed by atoms with Crippen LogP contribution < -0.4 is 9.47 Å².